The van der Waals surface area contributed by atoms with Crippen molar-refractivity contribution in [2.75, 3.05) is 7.11 Å². The molecule has 0 saturated carbocycles. The van der Waals surface area contributed by atoms with Crippen molar-refractivity contribution in [3.63, 3.8) is 0 Å². The third-order valence-electron chi connectivity index (χ3n) is 3.96. The Morgan fingerprint density at radius 1 is 1.35 bits per heavy atom. The van der Waals surface area contributed by atoms with Gasteiger partial charge in [-0.05, 0) is 64.5 Å². The van der Waals surface area contributed by atoms with E-state index in [1.54, 1.807) is 14.0 Å². The van der Waals surface area contributed by atoms with E-state index >= 15 is 0 Å². The van der Waals surface area contributed by atoms with E-state index in [4.69, 9.17) is 17.0 Å². The van der Waals surface area contributed by atoms with E-state index in [-0.39, 0.29) is 17.4 Å². The van der Waals surface area contributed by atoms with Crippen LogP contribution in [-0.4, -0.2) is 28.4 Å². The zero-order chi connectivity index (χ0) is 17.4. The average molecular weight is 332 g/mol. The first kappa shape index (κ1) is 17.5. The van der Waals surface area contributed by atoms with Crippen molar-refractivity contribution < 1.29 is 9.53 Å². The number of ether oxygens (including phenoxy) is 1. The number of methoxy groups -OCH3 is 1. The maximum absolute atomic E-state index is 12.3. The van der Waals surface area contributed by atoms with Gasteiger partial charge in [-0.3, -0.25) is 4.79 Å². The number of hydrogen-bond acceptors (Lipinski definition) is 3. The molecule has 1 aliphatic heterocycles. The zero-order valence-corrected chi connectivity index (χ0v) is 15.4. The van der Waals surface area contributed by atoms with Crippen LogP contribution in [0, 0.1) is 0 Å². The fourth-order valence-electron chi connectivity index (χ4n) is 3.08. The average Bonchev–Trinajstić information content (AvgIpc) is 2.44. The van der Waals surface area contributed by atoms with E-state index in [2.05, 4.69) is 26.1 Å². The number of hydrogen-bond donors (Lipinski definition) is 1. The van der Waals surface area contributed by atoms with Gasteiger partial charge in [0.05, 0.1) is 13.2 Å². The lowest BCUT2D eigenvalue weighted by molar-refractivity contribution is -0.114. The lowest BCUT2D eigenvalue weighted by Gasteiger charge is -2.44. The van der Waals surface area contributed by atoms with Crippen molar-refractivity contribution in [1.29, 1.82) is 0 Å². The molecule has 1 aromatic rings. The van der Waals surface area contributed by atoms with Crippen LogP contribution in [0.4, 0.5) is 0 Å². The van der Waals surface area contributed by atoms with Crippen molar-refractivity contribution >= 4 is 23.1 Å². The molecule has 1 N–H and O–H groups in total. The van der Waals surface area contributed by atoms with E-state index in [9.17, 15) is 4.79 Å². The predicted molar refractivity (Wildman–Crippen MR) is 96.4 cm³/mol. The Labute approximate surface area is 143 Å². The molecule has 1 aliphatic rings. The number of benzene rings is 1. The molecule has 0 bridgehead atoms. The number of allylic oxidation sites excluding steroid dienone is 1. The van der Waals surface area contributed by atoms with Gasteiger partial charge >= 0.3 is 0 Å². The standard InChI is InChI=1S/C18H24N2O2S/c1-11-15(12(2)21)16(13-8-7-9-14(10-13)22-6)19-17(23)20(11)18(3,4)5/h7-10,16H,1-6H3,(H,19,23). The molecule has 1 unspecified atom stereocenters. The number of Topliss-reactive ketones (excluding diaryl/α,β-unsaturated/α-hetero) is 1. The Hall–Kier alpha value is -1.88. The van der Waals surface area contributed by atoms with E-state index in [0.29, 0.717) is 5.11 Å². The first-order valence-electron chi connectivity index (χ1n) is 7.63. The fraction of sp³-hybridized carbons (Fsp3) is 0.444. The number of thiocarbonyl (C=S) groups is 1. The lowest BCUT2D eigenvalue weighted by Crippen LogP contribution is -2.54. The van der Waals surface area contributed by atoms with Crippen LogP contribution in [0.1, 0.15) is 46.2 Å². The van der Waals surface area contributed by atoms with Crippen LogP contribution >= 0.6 is 12.2 Å². The van der Waals surface area contributed by atoms with Gasteiger partial charge in [-0.2, -0.15) is 0 Å². The van der Waals surface area contributed by atoms with E-state index in [1.807, 2.05) is 36.1 Å². The number of nitrogens with one attached hydrogen (secondary N) is 1. The molecule has 0 fully saturated rings. The van der Waals surface area contributed by atoms with Crippen LogP contribution in [0.15, 0.2) is 35.5 Å². The minimum Gasteiger partial charge on any atom is -0.497 e. The van der Waals surface area contributed by atoms with E-state index in [1.165, 1.54) is 0 Å². The first-order chi connectivity index (χ1) is 10.7. The third kappa shape index (κ3) is 3.39. The summed E-state index contributed by atoms with van der Waals surface area (Å²) in [6.45, 7) is 9.79. The minimum atomic E-state index is -0.256. The molecule has 0 saturated heterocycles. The molecule has 0 amide bonds. The van der Waals surface area contributed by atoms with E-state index in [0.717, 1.165) is 22.6 Å². The van der Waals surface area contributed by atoms with Crippen LogP contribution in [0.3, 0.4) is 0 Å². The van der Waals surface area contributed by atoms with Gasteiger partial charge in [-0.1, -0.05) is 12.1 Å². The summed E-state index contributed by atoms with van der Waals surface area (Å²) in [5, 5.41) is 3.96. The molecule has 4 nitrogen and oxygen atoms in total. The highest BCUT2D eigenvalue weighted by molar-refractivity contribution is 7.80. The summed E-state index contributed by atoms with van der Waals surface area (Å²) in [6, 6.07) is 7.46. The van der Waals surface area contributed by atoms with Gasteiger partial charge in [0.25, 0.3) is 0 Å². The monoisotopic (exact) mass is 332 g/mol. The van der Waals surface area contributed by atoms with Crippen molar-refractivity contribution in [3.8, 4) is 5.75 Å². The Kier molecular flexibility index (Phi) is 4.80. The lowest BCUT2D eigenvalue weighted by atomic mass is 9.90. The Morgan fingerprint density at radius 2 is 2.00 bits per heavy atom. The molecule has 2 rings (SSSR count). The summed E-state index contributed by atoms with van der Waals surface area (Å²) >= 11 is 5.57. The summed E-state index contributed by atoms with van der Waals surface area (Å²) < 4.78 is 5.30. The minimum absolute atomic E-state index is 0.0413. The Bertz CT molecular complexity index is 674. The van der Waals surface area contributed by atoms with Gasteiger partial charge in [0.2, 0.25) is 0 Å². The van der Waals surface area contributed by atoms with Gasteiger partial charge in [0.1, 0.15) is 5.75 Å². The summed E-state index contributed by atoms with van der Waals surface area (Å²) in [7, 11) is 1.63. The molecule has 124 valence electrons. The number of ketones is 1. The highest BCUT2D eigenvalue weighted by atomic mass is 32.1. The van der Waals surface area contributed by atoms with Crippen molar-refractivity contribution in [1.82, 2.24) is 10.2 Å². The molecular weight excluding hydrogens is 308 g/mol. The van der Waals surface area contributed by atoms with Crippen molar-refractivity contribution in [2.24, 2.45) is 0 Å². The van der Waals surface area contributed by atoms with E-state index < -0.39 is 0 Å². The molecule has 1 atom stereocenters. The second-order valence-corrected chi connectivity index (χ2v) is 7.11. The van der Waals surface area contributed by atoms with Gasteiger partial charge in [-0.15, -0.1) is 0 Å². The van der Waals surface area contributed by atoms with Crippen LogP contribution in [0.25, 0.3) is 0 Å². The number of nitrogens with zero attached hydrogens (tertiary/aromatic N) is 1. The SMILES string of the molecule is COc1cccc(C2NC(=S)N(C(C)(C)C)C(C)=C2C(C)=O)c1. The van der Waals surface area contributed by atoms with Gasteiger partial charge in [0, 0.05) is 16.8 Å². The molecule has 0 radical (unpaired) electrons. The second-order valence-electron chi connectivity index (χ2n) is 6.72. The molecule has 1 aromatic carbocycles. The Morgan fingerprint density at radius 3 is 2.52 bits per heavy atom. The number of rotatable bonds is 3. The summed E-state index contributed by atoms with van der Waals surface area (Å²) in [6.07, 6.45) is 0. The summed E-state index contributed by atoms with van der Waals surface area (Å²) in [4.78, 5) is 14.3. The van der Waals surface area contributed by atoms with Crippen LogP contribution in [0.2, 0.25) is 0 Å². The molecule has 0 aliphatic carbocycles. The fourth-order valence-corrected chi connectivity index (χ4v) is 3.61. The van der Waals surface area contributed by atoms with Crippen molar-refractivity contribution in [2.45, 2.75) is 46.2 Å². The summed E-state index contributed by atoms with van der Waals surface area (Å²) in [5.74, 6) is 0.800. The maximum atomic E-state index is 12.3. The van der Waals surface area contributed by atoms with Crippen LogP contribution in [-0.2, 0) is 4.79 Å². The largest absolute Gasteiger partial charge is 0.497 e. The molecule has 0 aromatic heterocycles. The maximum Gasteiger partial charge on any atom is 0.174 e. The normalized spacial score (nSPS) is 18.8. The summed E-state index contributed by atoms with van der Waals surface area (Å²) in [5.41, 5.74) is 2.40. The molecule has 23 heavy (non-hydrogen) atoms. The Balaban J connectivity index is 2.59. The number of carbonyl (C=O) groups excluding carboxylic acids is 1. The smallest absolute Gasteiger partial charge is 0.174 e. The topological polar surface area (TPSA) is 41.6 Å². The molecular formula is C18H24N2O2S. The van der Waals surface area contributed by atoms with Gasteiger partial charge in [-0.25, -0.2) is 0 Å². The van der Waals surface area contributed by atoms with Crippen molar-refractivity contribution in [3.05, 3.63) is 41.1 Å². The molecule has 1 heterocycles. The van der Waals surface area contributed by atoms with Crippen LogP contribution in [0.5, 0.6) is 5.75 Å². The molecule has 0 spiro atoms. The zero-order valence-electron chi connectivity index (χ0n) is 14.6. The number of carbonyl (C=O) groups is 1. The third-order valence-corrected chi connectivity index (χ3v) is 4.26. The van der Waals surface area contributed by atoms with Gasteiger partial charge in [0.15, 0.2) is 10.9 Å². The van der Waals surface area contributed by atoms with Crippen LogP contribution < -0.4 is 10.1 Å². The quantitative estimate of drug-likeness (QED) is 0.857. The first-order valence-corrected chi connectivity index (χ1v) is 8.04. The highest BCUT2D eigenvalue weighted by Gasteiger charge is 2.36. The molecule has 5 heteroatoms. The predicted octanol–water partition coefficient (Wildman–Crippen LogP) is 3.59. The second kappa shape index (κ2) is 6.32. The highest BCUT2D eigenvalue weighted by Crippen LogP contribution is 2.35. The van der Waals surface area contributed by atoms with Gasteiger partial charge < -0.3 is 15.0 Å².